The van der Waals surface area contributed by atoms with Gasteiger partial charge >= 0.3 is 0 Å². The van der Waals surface area contributed by atoms with Crippen molar-refractivity contribution in [1.82, 2.24) is 19.6 Å². The van der Waals surface area contributed by atoms with E-state index in [1.807, 2.05) is 16.5 Å². The fourth-order valence-electron chi connectivity index (χ4n) is 2.72. The average molecular weight is 279 g/mol. The minimum atomic E-state index is 0.0992. The Bertz CT molecular complexity index is 470. The molecule has 0 spiro atoms. The van der Waals surface area contributed by atoms with Crippen LogP contribution in [0.4, 0.5) is 0 Å². The standard InChI is InChI=1S/C14H25N5O/c1-11-10-17(3)7-8-18(11)14(20)13-9-16-19(12(13)2)6-4-5-15/h9,11H,4-8,10,15H2,1-3H3. The maximum Gasteiger partial charge on any atom is 0.257 e. The molecule has 2 rings (SSSR count). The summed E-state index contributed by atoms with van der Waals surface area (Å²) in [4.78, 5) is 16.9. The summed E-state index contributed by atoms with van der Waals surface area (Å²) >= 11 is 0. The first kappa shape index (κ1) is 15.0. The van der Waals surface area contributed by atoms with Crippen molar-refractivity contribution >= 4 is 5.91 Å². The Morgan fingerprint density at radius 1 is 1.50 bits per heavy atom. The highest BCUT2D eigenvalue weighted by Crippen LogP contribution is 2.16. The van der Waals surface area contributed by atoms with Crippen molar-refractivity contribution in [2.45, 2.75) is 32.9 Å². The number of piperazine rings is 1. The van der Waals surface area contributed by atoms with Crippen LogP contribution in [0.2, 0.25) is 0 Å². The Morgan fingerprint density at radius 3 is 2.90 bits per heavy atom. The number of rotatable bonds is 4. The van der Waals surface area contributed by atoms with Crippen LogP contribution < -0.4 is 5.73 Å². The Morgan fingerprint density at radius 2 is 2.25 bits per heavy atom. The first-order valence-corrected chi connectivity index (χ1v) is 7.26. The summed E-state index contributed by atoms with van der Waals surface area (Å²) in [6, 6.07) is 0.244. The van der Waals surface area contributed by atoms with E-state index in [4.69, 9.17) is 5.73 Å². The van der Waals surface area contributed by atoms with Crippen molar-refractivity contribution in [3.63, 3.8) is 0 Å². The monoisotopic (exact) mass is 279 g/mol. The number of amides is 1. The topological polar surface area (TPSA) is 67.4 Å². The first-order valence-electron chi connectivity index (χ1n) is 7.26. The second-order valence-electron chi connectivity index (χ2n) is 5.62. The van der Waals surface area contributed by atoms with Crippen LogP contribution in [-0.2, 0) is 6.54 Å². The molecule has 1 saturated heterocycles. The predicted molar refractivity (Wildman–Crippen MR) is 78.6 cm³/mol. The summed E-state index contributed by atoms with van der Waals surface area (Å²) < 4.78 is 1.88. The number of carbonyl (C=O) groups excluding carboxylic acids is 1. The third-order valence-corrected chi connectivity index (χ3v) is 4.00. The van der Waals surface area contributed by atoms with Crippen molar-refractivity contribution in [3.8, 4) is 0 Å². The molecule has 6 nitrogen and oxygen atoms in total. The number of hydrogen-bond donors (Lipinski definition) is 1. The summed E-state index contributed by atoms with van der Waals surface area (Å²) in [5.74, 6) is 0.0992. The van der Waals surface area contributed by atoms with E-state index >= 15 is 0 Å². The Balaban J connectivity index is 2.11. The van der Waals surface area contributed by atoms with E-state index in [0.29, 0.717) is 6.54 Å². The van der Waals surface area contributed by atoms with Crippen LogP contribution in [0.15, 0.2) is 6.20 Å². The molecular weight excluding hydrogens is 254 g/mol. The number of aromatic nitrogens is 2. The summed E-state index contributed by atoms with van der Waals surface area (Å²) in [5.41, 5.74) is 7.18. The lowest BCUT2D eigenvalue weighted by atomic mass is 10.1. The molecule has 1 aromatic heterocycles. The molecule has 0 radical (unpaired) electrons. The Labute approximate surface area is 120 Å². The first-order chi connectivity index (χ1) is 9.54. The van der Waals surface area contributed by atoms with Crippen molar-refractivity contribution in [2.24, 2.45) is 5.73 Å². The molecule has 1 aliphatic heterocycles. The van der Waals surface area contributed by atoms with E-state index in [1.165, 1.54) is 0 Å². The zero-order chi connectivity index (χ0) is 14.7. The number of nitrogens with zero attached hydrogens (tertiary/aromatic N) is 4. The zero-order valence-corrected chi connectivity index (χ0v) is 12.7. The number of hydrogen-bond acceptors (Lipinski definition) is 4. The molecular formula is C14H25N5O. The molecule has 0 bridgehead atoms. The fourth-order valence-corrected chi connectivity index (χ4v) is 2.72. The molecule has 112 valence electrons. The van der Waals surface area contributed by atoms with Gasteiger partial charge in [0.2, 0.25) is 0 Å². The second-order valence-corrected chi connectivity index (χ2v) is 5.62. The van der Waals surface area contributed by atoms with E-state index in [9.17, 15) is 4.79 Å². The van der Waals surface area contributed by atoms with Gasteiger partial charge in [0, 0.05) is 37.9 Å². The smallest absolute Gasteiger partial charge is 0.257 e. The molecule has 1 fully saturated rings. The molecule has 1 amide bonds. The maximum atomic E-state index is 12.7. The SMILES string of the molecule is Cc1c(C(=O)N2CCN(C)CC2C)cnn1CCCN. The van der Waals surface area contributed by atoms with Gasteiger partial charge in [0.25, 0.3) is 5.91 Å². The van der Waals surface area contributed by atoms with Gasteiger partial charge in [-0.2, -0.15) is 5.10 Å². The molecule has 1 aromatic rings. The normalized spacial score (nSPS) is 20.4. The van der Waals surface area contributed by atoms with Crippen LogP contribution in [0.1, 0.15) is 29.4 Å². The van der Waals surface area contributed by atoms with Crippen molar-refractivity contribution in [3.05, 3.63) is 17.5 Å². The number of aryl methyl sites for hydroxylation is 1. The van der Waals surface area contributed by atoms with Gasteiger partial charge in [0.1, 0.15) is 0 Å². The molecule has 6 heteroatoms. The van der Waals surface area contributed by atoms with E-state index in [-0.39, 0.29) is 11.9 Å². The summed E-state index contributed by atoms with van der Waals surface area (Å²) in [5, 5.41) is 4.31. The molecule has 1 aliphatic rings. The van der Waals surface area contributed by atoms with Crippen LogP contribution in [0.5, 0.6) is 0 Å². The van der Waals surface area contributed by atoms with Crippen molar-refractivity contribution in [1.29, 1.82) is 0 Å². The number of likely N-dealkylation sites (N-methyl/N-ethyl adjacent to an activating group) is 1. The second kappa shape index (κ2) is 6.37. The van der Waals surface area contributed by atoms with E-state index in [1.54, 1.807) is 6.20 Å². The summed E-state index contributed by atoms with van der Waals surface area (Å²) in [6.45, 7) is 8.09. The lowest BCUT2D eigenvalue weighted by Crippen LogP contribution is -2.52. The highest BCUT2D eigenvalue weighted by atomic mass is 16.2. The van der Waals surface area contributed by atoms with Gasteiger partial charge in [-0.3, -0.25) is 9.48 Å². The molecule has 0 aliphatic carbocycles. The van der Waals surface area contributed by atoms with Gasteiger partial charge in [-0.05, 0) is 33.9 Å². The minimum Gasteiger partial charge on any atom is -0.333 e. The summed E-state index contributed by atoms with van der Waals surface area (Å²) in [7, 11) is 2.09. The molecule has 1 atom stereocenters. The highest BCUT2D eigenvalue weighted by molar-refractivity contribution is 5.95. The Hall–Kier alpha value is -1.40. The lowest BCUT2D eigenvalue weighted by Gasteiger charge is -2.38. The van der Waals surface area contributed by atoms with Crippen LogP contribution in [-0.4, -0.2) is 64.8 Å². The molecule has 0 saturated carbocycles. The Kier molecular flexibility index (Phi) is 4.77. The lowest BCUT2D eigenvalue weighted by molar-refractivity contribution is 0.0532. The van der Waals surface area contributed by atoms with Gasteiger partial charge in [0.15, 0.2) is 0 Å². The highest BCUT2D eigenvalue weighted by Gasteiger charge is 2.28. The van der Waals surface area contributed by atoms with E-state index in [0.717, 1.165) is 43.9 Å². The fraction of sp³-hybridized carbons (Fsp3) is 0.714. The molecule has 20 heavy (non-hydrogen) atoms. The average Bonchev–Trinajstić information content (AvgIpc) is 2.77. The predicted octanol–water partition coefficient (Wildman–Crippen LogP) is 0.316. The van der Waals surface area contributed by atoms with E-state index < -0.39 is 0 Å². The minimum absolute atomic E-state index is 0.0992. The maximum absolute atomic E-state index is 12.7. The molecule has 2 heterocycles. The zero-order valence-electron chi connectivity index (χ0n) is 12.7. The van der Waals surface area contributed by atoms with Gasteiger partial charge < -0.3 is 15.5 Å². The van der Waals surface area contributed by atoms with Crippen LogP contribution in [0.25, 0.3) is 0 Å². The van der Waals surface area contributed by atoms with Gasteiger partial charge in [0.05, 0.1) is 11.8 Å². The van der Waals surface area contributed by atoms with Crippen LogP contribution >= 0.6 is 0 Å². The van der Waals surface area contributed by atoms with Gasteiger partial charge in [-0.1, -0.05) is 0 Å². The van der Waals surface area contributed by atoms with Crippen molar-refractivity contribution < 1.29 is 4.79 Å². The largest absolute Gasteiger partial charge is 0.333 e. The van der Waals surface area contributed by atoms with Gasteiger partial charge in [-0.15, -0.1) is 0 Å². The third-order valence-electron chi connectivity index (χ3n) is 4.00. The molecule has 0 aromatic carbocycles. The molecule has 2 N–H and O–H groups in total. The quantitative estimate of drug-likeness (QED) is 0.862. The van der Waals surface area contributed by atoms with Crippen LogP contribution in [0, 0.1) is 6.92 Å². The molecule has 1 unspecified atom stereocenters. The third kappa shape index (κ3) is 3.02. The summed E-state index contributed by atoms with van der Waals surface area (Å²) in [6.07, 6.45) is 2.57. The van der Waals surface area contributed by atoms with Crippen LogP contribution in [0.3, 0.4) is 0 Å². The van der Waals surface area contributed by atoms with Crippen molar-refractivity contribution in [2.75, 3.05) is 33.2 Å². The van der Waals surface area contributed by atoms with E-state index in [2.05, 4.69) is 24.0 Å². The van der Waals surface area contributed by atoms with Gasteiger partial charge in [-0.25, -0.2) is 0 Å². The number of carbonyl (C=O) groups is 1. The number of nitrogens with two attached hydrogens (primary N) is 1.